The number of hydrogen-bond donors (Lipinski definition) is 2. The lowest BCUT2D eigenvalue weighted by atomic mass is 10.0. The number of hydrogen-bond acceptors (Lipinski definition) is 6. The summed E-state index contributed by atoms with van der Waals surface area (Å²) >= 11 is 0. The van der Waals surface area contributed by atoms with Crippen molar-refractivity contribution < 1.29 is 8.78 Å². The van der Waals surface area contributed by atoms with Crippen LogP contribution in [0.1, 0.15) is 44.1 Å². The van der Waals surface area contributed by atoms with Gasteiger partial charge in [-0.2, -0.15) is 0 Å². The van der Waals surface area contributed by atoms with Crippen LogP contribution in [0.25, 0.3) is 22.3 Å². The molecule has 4 heterocycles. The Hall–Kier alpha value is -3.59. The van der Waals surface area contributed by atoms with Gasteiger partial charge in [-0.3, -0.25) is 0 Å². The Morgan fingerprint density at radius 1 is 1.05 bits per heavy atom. The zero-order valence-electron chi connectivity index (χ0n) is 21.4. The molecule has 0 unspecified atom stereocenters. The molecule has 0 bridgehead atoms. The van der Waals surface area contributed by atoms with Gasteiger partial charge in [0.15, 0.2) is 11.6 Å². The summed E-state index contributed by atoms with van der Waals surface area (Å²) in [6.07, 6.45) is 4.45. The number of fused-ring (bicyclic) bond motifs is 2. The van der Waals surface area contributed by atoms with Crippen molar-refractivity contribution in [3.8, 4) is 11.3 Å². The van der Waals surface area contributed by atoms with E-state index in [2.05, 4.69) is 42.6 Å². The number of anilines is 3. The molecule has 0 spiro atoms. The quantitative estimate of drug-likeness (QED) is 0.374. The van der Waals surface area contributed by atoms with Crippen molar-refractivity contribution >= 4 is 28.4 Å². The molecule has 4 aromatic rings. The molecule has 2 aromatic carbocycles. The van der Waals surface area contributed by atoms with Gasteiger partial charge in [-0.05, 0) is 89.0 Å². The van der Waals surface area contributed by atoms with Gasteiger partial charge in [0, 0.05) is 35.6 Å². The normalized spacial score (nSPS) is 16.1. The average molecular weight is 504 g/mol. The Morgan fingerprint density at radius 2 is 1.86 bits per heavy atom. The molecule has 2 N–H and O–H groups in total. The molecule has 0 aliphatic carbocycles. The molecule has 37 heavy (non-hydrogen) atoms. The first kappa shape index (κ1) is 23.8. The van der Waals surface area contributed by atoms with Crippen LogP contribution in [0, 0.1) is 18.6 Å². The summed E-state index contributed by atoms with van der Waals surface area (Å²) in [4.78, 5) is 15.5. The van der Waals surface area contributed by atoms with Gasteiger partial charge in [-0.25, -0.2) is 23.7 Å². The van der Waals surface area contributed by atoms with Crippen molar-refractivity contribution in [1.29, 1.82) is 0 Å². The van der Waals surface area contributed by atoms with Crippen LogP contribution < -0.4 is 15.5 Å². The summed E-state index contributed by atoms with van der Waals surface area (Å²) in [7, 11) is 0. The van der Waals surface area contributed by atoms with E-state index >= 15 is 0 Å². The number of nitrogens with zero attached hydrogens (tertiary/aromatic N) is 5. The lowest BCUT2D eigenvalue weighted by Crippen LogP contribution is -2.42. The van der Waals surface area contributed by atoms with E-state index in [1.165, 1.54) is 17.3 Å². The SMILES string of the molecule is Cc1nc2c(F)cc(-c3nc(Nc4ccc5c(c4)CCN5C4CCNCC4)ncc3F)cc2n1C(C)C. The van der Waals surface area contributed by atoms with Crippen LogP contribution in [0.3, 0.4) is 0 Å². The highest BCUT2D eigenvalue weighted by molar-refractivity contribution is 5.83. The molecule has 0 saturated carbocycles. The van der Waals surface area contributed by atoms with Crippen LogP contribution in [0.5, 0.6) is 0 Å². The van der Waals surface area contributed by atoms with Gasteiger partial charge in [0.2, 0.25) is 5.95 Å². The number of aryl methyl sites for hydroxylation is 1. The van der Waals surface area contributed by atoms with E-state index in [4.69, 9.17) is 0 Å². The third-order valence-corrected chi connectivity index (χ3v) is 7.48. The van der Waals surface area contributed by atoms with E-state index in [-0.39, 0.29) is 23.2 Å². The Balaban J connectivity index is 1.30. The molecular weight excluding hydrogens is 472 g/mol. The topological polar surface area (TPSA) is 70.9 Å². The first-order valence-corrected chi connectivity index (χ1v) is 13.0. The molecule has 7 nitrogen and oxygen atoms in total. The molecule has 0 amide bonds. The zero-order valence-corrected chi connectivity index (χ0v) is 21.4. The van der Waals surface area contributed by atoms with Gasteiger partial charge < -0.3 is 20.1 Å². The van der Waals surface area contributed by atoms with Crippen LogP contribution >= 0.6 is 0 Å². The number of piperidine rings is 1. The summed E-state index contributed by atoms with van der Waals surface area (Å²) in [6, 6.07) is 9.99. The molecule has 0 radical (unpaired) electrons. The number of benzene rings is 2. The van der Waals surface area contributed by atoms with E-state index < -0.39 is 11.6 Å². The summed E-state index contributed by atoms with van der Waals surface area (Å²) < 4.78 is 31.8. The lowest BCUT2D eigenvalue weighted by Gasteiger charge is -2.33. The van der Waals surface area contributed by atoms with Gasteiger partial charge in [0.1, 0.15) is 17.0 Å². The third-order valence-electron chi connectivity index (χ3n) is 7.48. The zero-order chi connectivity index (χ0) is 25.7. The average Bonchev–Trinajstić information content (AvgIpc) is 3.46. The summed E-state index contributed by atoms with van der Waals surface area (Å²) in [6.45, 7) is 9.02. The number of aromatic nitrogens is 4. The van der Waals surface area contributed by atoms with E-state index in [1.807, 2.05) is 31.4 Å². The van der Waals surface area contributed by atoms with E-state index in [0.717, 1.165) is 50.8 Å². The summed E-state index contributed by atoms with van der Waals surface area (Å²) in [5.74, 6) is -0.136. The van der Waals surface area contributed by atoms with Crippen molar-refractivity contribution in [1.82, 2.24) is 24.8 Å². The maximum absolute atomic E-state index is 15.0. The summed E-state index contributed by atoms with van der Waals surface area (Å²) in [5.41, 5.74) is 4.71. The molecule has 9 heteroatoms. The summed E-state index contributed by atoms with van der Waals surface area (Å²) in [5, 5.41) is 6.66. The standard InChI is InChI=1S/C28H31F2N7/c1-16(2)37-17(3)33-27-22(29)13-19(14-25(27)37)26-23(30)15-32-28(35-26)34-20-4-5-24-18(12-20)8-11-36(24)21-6-9-31-10-7-21/h4-5,12-16,21,31H,6-11H2,1-3H3,(H,32,34,35). The van der Waals surface area contributed by atoms with Crippen molar-refractivity contribution in [2.24, 2.45) is 0 Å². The number of rotatable bonds is 5. The first-order chi connectivity index (χ1) is 17.9. The highest BCUT2D eigenvalue weighted by Crippen LogP contribution is 2.35. The molecule has 2 aromatic heterocycles. The minimum absolute atomic E-state index is 0.0469. The maximum atomic E-state index is 15.0. The van der Waals surface area contributed by atoms with Gasteiger partial charge >= 0.3 is 0 Å². The van der Waals surface area contributed by atoms with Gasteiger partial charge in [0.05, 0.1) is 11.7 Å². The minimum atomic E-state index is -0.608. The van der Waals surface area contributed by atoms with E-state index in [0.29, 0.717) is 22.9 Å². The van der Waals surface area contributed by atoms with Crippen LogP contribution in [0.4, 0.5) is 26.1 Å². The monoisotopic (exact) mass is 503 g/mol. The van der Waals surface area contributed by atoms with E-state index in [1.54, 1.807) is 6.07 Å². The smallest absolute Gasteiger partial charge is 0.227 e. The number of imidazole rings is 1. The van der Waals surface area contributed by atoms with Crippen LogP contribution in [-0.2, 0) is 6.42 Å². The second-order valence-electron chi connectivity index (χ2n) is 10.2. The van der Waals surface area contributed by atoms with Crippen molar-refractivity contribution in [3.05, 3.63) is 59.6 Å². The molecule has 0 atom stereocenters. The third kappa shape index (κ3) is 4.31. The van der Waals surface area contributed by atoms with Crippen molar-refractivity contribution in [2.75, 3.05) is 29.9 Å². The Kier molecular flexibility index (Phi) is 6.03. The first-order valence-electron chi connectivity index (χ1n) is 13.0. The lowest BCUT2D eigenvalue weighted by molar-refractivity contribution is 0.435. The molecule has 1 fully saturated rings. The van der Waals surface area contributed by atoms with Gasteiger partial charge in [0.25, 0.3) is 0 Å². The molecule has 1 saturated heterocycles. The minimum Gasteiger partial charge on any atom is -0.368 e. The Labute approximate surface area is 214 Å². The van der Waals surface area contributed by atoms with Gasteiger partial charge in [-0.15, -0.1) is 0 Å². The van der Waals surface area contributed by atoms with Crippen LogP contribution in [0.2, 0.25) is 0 Å². The van der Waals surface area contributed by atoms with E-state index in [9.17, 15) is 8.78 Å². The second kappa shape index (κ2) is 9.37. The number of nitrogens with one attached hydrogen (secondary N) is 2. The fraction of sp³-hybridized carbons (Fsp3) is 0.393. The maximum Gasteiger partial charge on any atom is 0.227 e. The largest absolute Gasteiger partial charge is 0.368 e. The van der Waals surface area contributed by atoms with Crippen molar-refractivity contribution in [3.63, 3.8) is 0 Å². The predicted octanol–water partition coefficient (Wildman–Crippen LogP) is 5.52. The van der Waals surface area contributed by atoms with Gasteiger partial charge in [-0.1, -0.05) is 0 Å². The Bertz CT molecular complexity index is 1470. The fourth-order valence-corrected chi connectivity index (χ4v) is 5.82. The molecule has 192 valence electrons. The second-order valence-corrected chi connectivity index (χ2v) is 10.2. The highest BCUT2D eigenvalue weighted by atomic mass is 19.1. The van der Waals surface area contributed by atoms with Crippen LogP contribution in [-0.4, -0.2) is 45.2 Å². The molecule has 6 rings (SSSR count). The molecule has 2 aliphatic rings. The molecule has 2 aliphatic heterocycles. The predicted molar refractivity (Wildman–Crippen MR) is 142 cm³/mol. The fourth-order valence-electron chi connectivity index (χ4n) is 5.82. The molecular formula is C28H31F2N7. The van der Waals surface area contributed by atoms with Crippen molar-refractivity contribution in [2.45, 2.75) is 52.1 Å². The van der Waals surface area contributed by atoms with Crippen LogP contribution in [0.15, 0.2) is 36.5 Å². The highest BCUT2D eigenvalue weighted by Gasteiger charge is 2.27. The number of halogens is 2. The Morgan fingerprint density at radius 3 is 2.65 bits per heavy atom.